The molecule has 0 aromatic rings. The summed E-state index contributed by atoms with van der Waals surface area (Å²) in [6.45, 7) is 42.4. The van der Waals surface area contributed by atoms with Gasteiger partial charge >= 0.3 is 11.9 Å². The lowest BCUT2D eigenvalue weighted by Crippen LogP contribution is -2.69. The van der Waals surface area contributed by atoms with Gasteiger partial charge in [0.2, 0.25) is 0 Å². The summed E-state index contributed by atoms with van der Waals surface area (Å²) in [6, 6.07) is -1.06. The van der Waals surface area contributed by atoms with Gasteiger partial charge in [0.05, 0.1) is 19.6 Å². The molecule has 0 amide bonds. The van der Waals surface area contributed by atoms with Crippen LogP contribution in [0.2, 0.25) is 0 Å². The number of nitrogens with two attached hydrogens (primary N) is 1. The van der Waals surface area contributed by atoms with Crippen molar-refractivity contribution in [1.82, 2.24) is 0 Å². The summed E-state index contributed by atoms with van der Waals surface area (Å²) in [4.78, 5) is 28.3. The highest BCUT2D eigenvalue weighted by atomic mass is 32.1. The number of carbonyl (C=O) groups is 2. The highest BCUT2D eigenvalue weighted by molar-refractivity contribution is 7.81. The lowest BCUT2D eigenvalue weighted by molar-refractivity contribution is -0.261. The summed E-state index contributed by atoms with van der Waals surface area (Å²) in [7, 11) is 0. The Morgan fingerprint density at radius 3 is 1.30 bits per heavy atom. The van der Waals surface area contributed by atoms with Crippen molar-refractivity contribution in [3.05, 3.63) is 0 Å². The molecule has 10 saturated carbocycles. The number of rotatable bonds is 7. The van der Waals surface area contributed by atoms with Gasteiger partial charge in [0, 0.05) is 22.3 Å². The minimum Gasteiger partial charge on any atom is -0.465 e. The van der Waals surface area contributed by atoms with Crippen molar-refractivity contribution >= 4 is 37.2 Å². The van der Waals surface area contributed by atoms with E-state index in [0.29, 0.717) is 53.1 Å². The molecule has 25 atom stereocenters. The summed E-state index contributed by atoms with van der Waals surface area (Å²) in [6.07, 6.45) is 23.0. The van der Waals surface area contributed by atoms with Gasteiger partial charge in [-0.15, -0.1) is 0 Å². The van der Waals surface area contributed by atoms with E-state index in [0.717, 1.165) is 60.2 Å². The zero-order chi connectivity index (χ0) is 53.2. The van der Waals surface area contributed by atoms with Crippen molar-refractivity contribution in [3.8, 4) is 0 Å². The number of esters is 2. The van der Waals surface area contributed by atoms with Crippen molar-refractivity contribution in [3.63, 3.8) is 0 Å². The first-order valence-electron chi connectivity index (χ1n) is 31.2. The molecule has 5 nitrogen and oxygen atoms in total. The first-order chi connectivity index (χ1) is 33.8. The Morgan fingerprint density at radius 1 is 0.493 bits per heavy atom. The van der Waals surface area contributed by atoms with E-state index >= 15 is 0 Å². The molecule has 10 aliphatic carbocycles. The Bertz CT molecular complexity index is 2130. The second-order valence-corrected chi connectivity index (χ2v) is 34.4. The van der Waals surface area contributed by atoms with Crippen molar-refractivity contribution in [2.45, 2.75) is 249 Å². The molecule has 0 saturated heterocycles. The fraction of sp³-hybridized carbons (Fsp3) is 0.970. The zero-order valence-electron chi connectivity index (χ0n) is 49.8. The van der Waals surface area contributed by atoms with Gasteiger partial charge in [0.1, 0.15) is 6.04 Å². The van der Waals surface area contributed by atoms with E-state index in [2.05, 4.69) is 111 Å². The lowest BCUT2D eigenvalue weighted by Gasteiger charge is -2.75. The van der Waals surface area contributed by atoms with Crippen LogP contribution in [-0.4, -0.2) is 41.7 Å². The third-order valence-corrected chi connectivity index (χ3v) is 30.9. The number of carbonyl (C=O) groups excluding carboxylic acids is 2. The second-order valence-electron chi connectivity index (χ2n) is 33.0. The number of fused-ring (bicyclic) bond motifs is 14. The normalized spacial score (nSPS) is 56.0. The lowest BCUT2D eigenvalue weighted by atomic mass is 9.30. The Balaban J connectivity index is 0.829. The molecular formula is C66H111NO4S2. The van der Waals surface area contributed by atoms with Gasteiger partial charge < -0.3 is 15.2 Å². The summed E-state index contributed by atoms with van der Waals surface area (Å²) in [5.41, 5.74) is 8.91. The molecule has 0 radical (unpaired) electrons. The Morgan fingerprint density at radius 2 is 0.890 bits per heavy atom. The Labute approximate surface area is 459 Å². The van der Waals surface area contributed by atoms with Crippen LogP contribution in [0.25, 0.3) is 0 Å². The van der Waals surface area contributed by atoms with Crippen LogP contribution < -0.4 is 5.73 Å². The molecule has 0 spiro atoms. The van der Waals surface area contributed by atoms with Crippen LogP contribution in [0.15, 0.2) is 0 Å². The van der Waals surface area contributed by atoms with E-state index in [-0.39, 0.29) is 72.6 Å². The van der Waals surface area contributed by atoms with Crippen LogP contribution in [0.4, 0.5) is 0 Å². The molecule has 4 unspecified atom stereocenters. The van der Waals surface area contributed by atoms with E-state index in [1.54, 1.807) is 0 Å². The molecule has 416 valence electrons. The average molecular weight is 1050 g/mol. The smallest absolute Gasteiger partial charge is 0.323 e. The van der Waals surface area contributed by atoms with E-state index in [1.807, 2.05) is 0 Å². The van der Waals surface area contributed by atoms with Crippen molar-refractivity contribution in [1.29, 1.82) is 0 Å². The summed E-state index contributed by atoms with van der Waals surface area (Å²) in [5, 5.41) is 0.241. The number of thiol groups is 2. The van der Waals surface area contributed by atoms with E-state index in [9.17, 15) is 9.59 Å². The van der Waals surface area contributed by atoms with Crippen LogP contribution in [0.1, 0.15) is 233 Å². The van der Waals surface area contributed by atoms with Crippen LogP contribution >= 0.6 is 25.3 Å². The highest BCUT2D eigenvalue weighted by Gasteiger charge is 2.74. The maximum atomic E-state index is 14.2. The maximum Gasteiger partial charge on any atom is 0.323 e. The fourth-order valence-electron chi connectivity index (χ4n) is 25.3. The minimum absolute atomic E-state index is 0.0229. The molecule has 10 rings (SSSR count). The van der Waals surface area contributed by atoms with E-state index in [1.165, 1.54) is 103 Å². The largest absolute Gasteiger partial charge is 0.465 e. The third kappa shape index (κ3) is 7.89. The number of hydrogen-bond donors (Lipinski definition) is 3. The topological polar surface area (TPSA) is 78.6 Å². The third-order valence-electron chi connectivity index (χ3n) is 29.8. The molecule has 7 heteroatoms. The molecule has 0 aromatic carbocycles. The average Bonchev–Trinajstić information content (AvgIpc) is 3.29. The van der Waals surface area contributed by atoms with Gasteiger partial charge in [-0.2, -0.15) is 25.3 Å². The predicted octanol–water partition coefficient (Wildman–Crippen LogP) is 16.4. The quantitative estimate of drug-likeness (QED) is 0.175. The Hall–Kier alpha value is -0.400. The van der Waals surface area contributed by atoms with Crippen molar-refractivity contribution < 1.29 is 19.1 Å². The summed E-state index contributed by atoms with van der Waals surface area (Å²) < 4.78 is 12.8. The first-order valence-corrected chi connectivity index (χ1v) is 32.3. The van der Waals surface area contributed by atoms with E-state index in [4.69, 9.17) is 40.5 Å². The molecule has 73 heavy (non-hydrogen) atoms. The summed E-state index contributed by atoms with van der Waals surface area (Å²) >= 11 is 10.9. The van der Waals surface area contributed by atoms with Crippen molar-refractivity contribution in [2.24, 2.45) is 143 Å². The van der Waals surface area contributed by atoms with E-state index < -0.39 is 12.0 Å². The fourth-order valence-corrected chi connectivity index (χ4v) is 27.0. The molecule has 10 fully saturated rings. The van der Waals surface area contributed by atoms with Gasteiger partial charge in [0.15, 0.2) is 0 Å². The number of ether oxygens (including phenoxy) is 2. The first kappa shape index (κ1) is 55.9. The standard InChI is InChI=1S/C66H111NO4S2/c1-38-21-25-59(9)29-31-61(11)42(54(59)40(38)3)17-19-51-63(61,13)27-23-49-57(5,6)34-47(72)44(65(49,51)15)36-70-53(68)33-46(67)56(69)71-37-45-48(73)35-58(7,8)50-24-28-64(14)52(66(45,50)16)20-18-43-55-41(4)39(2)22-26-60(55,10)30-32-62(43,64)12/h38-52,54-55,72-73H,17-37,67H2,1-16H3/t38-,39-,40+,41+,42-,43-,44?,45?,46+,47?,48?,49+,50+,51+,52+,54+,55+,59-,60-,61-,62-,63-,64-,65+,66+/m1/s1. The molecular weight excluding hydrogens is 935 g/mol. The monoisotopic (exact) mass is 1050 g/mol. The molecule has 0 bridgehead atoms. The summed E-state index contributed by atoms with van der Waals surface area (Å²) in [5.74, 6) is 7.83. The minimum atomic E-state index is -1.06. The molecule has 0 aliphatic heterocycles. The van der Waals surface area contributed by atoms with Crippen LogP contribution in [-0.2, 0) is 19.1 Å². The van der Waals surface area contributed by atoms with Gasteiger partial charge in [-0.25, -0.2) is 0 Å². The van der Waals surface area contributed by atoms with Crippen molar-refractivity contribution in [2.75, 3.05) is 13.2 Å². The van der Waals surface area contributed by atoms with Gasteiger partial charge in [0.25, 0.3) is 0 Å². The van der Waals surface area contributed by atoms with Gasteiger partial charge in [-0.05, 0) is 241 Å². The molecule has 0 heterocycles. The van der Waals surface area contributed by atoms with Crippen LogP contribution in [0.3, 0.4) is 0 Å². The van der Waals surface area contributed by atoms with Crippen LogP contribution in [0.5, 0.6) is 0 Å². The van der Waals surface area contributed by atoms with Crippen LogP contribution in [0, 0.1) is 137 Å². The molecule has 0 aromatic heterocycles. The zero-order valence-corrected chi connectivity index (χ0v) is 51.6. The maximum absolute atomic E-state index is 14.2. The predicted molar refractivity (Wildman–Crippen MR) is 307 cm³/mol. The Kier molecular flexibility index (Phi) is 14.0. The second kappa shape index (κ2) is 18.3. The molecule has 10 aliphatic rings. The highest BCUT2D eigenvalue weighted by Crippen LogP contribution is 2.80. The number of hydrogen-bond acceptors (Lipinski definition) is 7. The van der Waals surface area contributed by atoms with Gasteiger partial charge in [-0.3, -0.25) is 9.59 Å². The SMILES string of the molecule is C[C@@H]1[C@H]2[C@H]3CC[C@@H]4[C@@]5(C)C(COC(=O)C[C@H](N)C(=O)OCC6C(S)CC(C)(C)[C@@H]7CC[C@]8(C)[C@H](CC[C@@H]9[C@@H]%10[C@@H](C)[C@H](C)CC[C@]%10(C)CC[C@]98C)[C@@]67C)C(S)CC(C)(C)[C@@H]5CC[C@@]4(C)[C@]3(C)CC[C@@]2(C)CC[C@H]1C. The molecule has 2 N–H and O–H groups in total. The van der Waals surface area contributed by atoms with Gasteiger partial charge in [-0.1, -0.05) is 111 Å².